The average Bonchev–Trinajstić information content (AvgIpc) is 1.66. The Balaban J connectivity index is 0.000000250. The van der Waals surface area contributed by atoms with E-state index in [4.69, 9.17) is 37.9 Å². The Labute approximate surface area is 653 Å². The lowest BCUT2D eigenvalue weighted by Crippen LogP contribution is -2.54. The van der Waals surface area contributed by atoms with Gasteiger partial charge in [-0.1, -0.05) is 105 Å². The quantitative estimate of drug-likeness (QED) is 0.0164. The van der Waals surface area contributed by atoms with Crippen LogP contribution in [0.1, 0.15) is 192 Å². The Bertz CT molecular complexity index is 3690. The maximum Gasteiger partial charge on any atom is 0.347 e. The molecule has 23 nitrogen and oxygen atoms in total. The number of nitrogens with one attached hydrogen (secondary N) is 1. The Kier molecular flexibility index (Phi) is 34.2. The number of hydrogen-bond donors (Lipinski definition) is 3. The van der Waals surface area contributed by atoms with Crippen LogP contribution in [0.15, 0.2) is 54.6 Å². The van der Waals surface area contributed by atoms with Crippen LogP contribution in [0.4, 0.5) is 0 Å². The first-order valence-corrected chi connectivity index (χ1v) is 43.0. The summed E-state index contributed by atoms with van der Waals surface area (Å²) < 4.78 is 46.9. The predicted molar refractivity (Wildman–Crippen MR) is 420 cm³/mol. The summed E-state index contributed by atoms with van der Waals surface area (Å²) in [4.78, 5) is 99.0. The van der Waals surface area contributed by atoms with E-state index in [0.717, 1.165) is 137 Å². The lowest BCUT2D eigenvalue weighted by molar-refractivity contribution is -0.150. The largest absolute Gasteiger partial charge is 0.496 e. The highest BCUT2D eigenvalue weighted by Crippen LogP contribution is 2.39. The molecule has 4 aromatic rings. The monoisotopic (exact) mass is 1570 g/mol. The van der Waals surface area contributed by atoms with Crippen molar-refractivity contribution >= 4 is 86.3 Å². The van der Waals surface area contributed by atoms with E-state index in [2.05, 4.69) is 63.4 Å². The fraction of sp³-hybridized carbons (Fsp3) is 0.642. The summed E-state index contributed by atoms with van der Waals surface area (Å²) >= 11 is 2.56. The van der Waals surface area contributed by atoms with Crippen LogP contribution in [0.3, 0.4) is 0 Å². The first kappa shape index (κ1) is 85.4. The molecule has 0 radical (unpaired) electrons. The Morgan fingerprint density at radius 3 is 1.94 bits per heavy atom. The summed E-state index contributed by atoms with van der Waals surface area (Å²) in [5.41, 5.74) is 6.08. The number of benzene rings is 3. The molecule has 27 heteroatoms. The maximum absolute atomic E-state index is 13.5. The summed E-state index contributed by atoms with van der Waals surface area (Å²) in [6.45, 7) is 16.7. The Morgan fingerprint density at radius 1 is 0.704 bits per heavy atom. The fourth-order valence-corrected chi connectivity index (χ4v) is 20.4. The van der Waals surface area contributed by atoms with Crippen LogP contribution >= 0.6 is 44.7 Å². The van der Waals surface area contributed by atoms with Gasteiger partial charge >= 0.3 is 29.8 Å². The van der Waals surface area contributed by atoms with Crippen LogP contribution in [-0.4, -0.2) is 209 Å². The predicted octanol–water partition coefficient (Wildman–Crippen LogP) is 13.4. The van der Waals surface area contributed by atoms with Gasteiger partial charge in [0.25, 0.3) is 0 Å². The van der Waals surface area contributed by atoms with E-state index in [0.29, 0.717) is 90.1 Å². The third-order valence-electron chi connectivity index (χ3n) is 21.4. The summed E-state index contributed by atoms with van der Waals surface area (Å²) in [6, 6.07) is 18.9. The molecule has 5 heterocycles. The van der Waals surface area contributed by atoms with Crippen molar-refractivity contribution in [2.24, 2.45) is 11.8 Å². The lowest BCUT2D eigenvalue weighted by Gasteiger charge is -2.37. The third-order valence-corrected chi connectivity index (χ3v) is 26.9. The molecule has 2 amide bonds. The molecule has 2 aliphatic carbocycles. The highest BCUT2D eigenvalue weighted by atomic mass is 33.1. The number of ether oxygens (including phenoxy) is 8. The first-order chi connectivity index (χ1) is 52.1. The van der Waals surface area contributed by atoms with Crippen molar-refractivity contribution in [1.29, 1.82) is 5.26 Å². The van der Waals surface area contributed by atoms with Gasteiger partial charge < -0.3 is 58.3 Å². The van der Waals surface area contributed by atoms with Crippen LogP contribution in [0.25, 0.3) is 10.6 Å². The first-order valence-electron chi connectivity index (χ1n) is 38.8. The number of hydrogen-bond acceptors (Lipinski definition) is 23. The van der Waals surface area contributed by atoms with Gasteiger partial charge in [-0.15, -0.1) is 23.1 Å². The topological polar surface area (TPSA) is 292 Å². The molecule has 0 bridgehead atoms. The van der Waals surface area contributed by atoms with E-state index in [9.17, 15) is 49.0 Å². The molecule has 6 aliphatic rings. The molecule has 4 aliphatic heterocycles. The van der Waals surface area contributed by atoms with Crippen LogP contribution < -0.4 is 19.5 Å². The zero-order chi connectivity index (χ0) is 77.2. The van der Waals surface area contributed by atoms with Crippen LogP contribution in [0, 0.1) is 43.9 Å². The summed E-state index contributed by atoms with van der Waals surface area (Å²) in [5, 5.41) is 31.6. The second kappa shape index (κ2) is 43.2. The molecule has 3 aromatic carbocycles. The molecule has 1 aromatic heterocycles. The van der Waals surface area contributed by atoms with Crippen LogP contribution in [0.5, 0.6) is 17.2 Å². The number of fused-ring (bicyclic) bond motifs is 1. The van der Waals surface area contributed by atoms with Crippen molar-refractivity contribution in [3.8, 4) is 33.9 Å². The van der Waals surface area contributed by atoms with Gasteiger partial charge in [0.05, 0.1) is 81.2 Å². The number of aromatic carboxylic acids is 1. The van der Waals surface area contributed by atoms with Crippen LogP contribution in [-0.2, 0) is 65.3 Å². The van der Waals surface area contributed by atoms with E-state index in [1.54, 1.807) is 39.3 Å². The van der Waals surface area contributed by atoms with E-state index < -0.39 is 29.3 Å². The number of rotatable bonds is 37. The number of unbranched alkanes of at least 4 members (excludes halogenated alkanes) is 2. The van der Waals surface area contributed by atoms with Crippen molar-refractivity contribution in [1.82, 2.24) is 25.0 Å². The molecular formula is C81H112N6O17S4. The number of methoxy groups -OCH3 is 2. The number of aromatic nitrogens is 1. The van der Waals surface area contributed by atoms with E-state index in [1.165, 1.54) is 75.1 Å². The molecule has 12 atom stereocenters. The normalized spacial score (nSPS) is 23.2. The molecule has 108 heavy (non-hydrogen) atoms. The molecule has 0 spiro atoms. The van der Waals surface area contributed by atoms with Crippen molar-refractivity contribution in [2.45, 2.75) is 242 Å². The molecule has 10 rings (SSSR count). The number of aryl methyl sites for hydroxylation is 3. The summed E-state index contributed by atoms with van der Waals surface area (Å²) in [7, 11) is 6.32. The van der Waals surface area contributed by atoms with Crippen LogP contribution in [0.2, 0.25) is 0 Å². The van der Waals surface area contributed by atoms with Crippen molar-refractivity contribution in [2.75, 3.05) is 78.3 Å². The number of carboxylic acids is 2. The number of nitriles is 1. The van der Waals surface area contributed by atoms with Gasteiger partial charge in [0.2, 0.25) is 11.8 Å². The Hall–Kier alpha value is -6.64. The van der Waals surface area contributed by atoms with Gasteiger partial charge in [-0.25, -0.2) is 14.6 Å². The molecule has 6 fully saturated rings. The minimum absolute atomic E-state index is 0.0518. The van der Waals surface area contributed by atoms with Gasteiger partial charge in [0, 0.05) is 74.1 Å². The highest BCUT2D eigenvalue weighted by Gasteiger charge is 2.46. The lowest BCUT2D eigenvalue weighted by atomic mass is 9.91. The van der Waals surface area contributed by atoms with Gasteiger partial charge in [0.1, 0.15) is 57.5 Å². The number of likely N-dealkylation sites (tertiary alicyclic amines) is 2. The maximum atomic E-state index is 13.5. The third kappa shape index (κ3) is 24.9. The average molecular weight is 1570 g/mol. The molecule has 3 N–H and O–H groups in total. The van der Waals surface area contributed by atoms with Gasteiger partial charge in [-0.3, -0.25) is 33.8 Å². The number of nitrogens with zero attached hydrogens (tertiary/aromatic N) is 5. The number of carbonyl (C=O) groups excluding carboxylic acids is 5. The number of aliphatic carboxylic acids is 1. The summed E-state index contributed by atoms with van der Waals surface area (Å²) in [5.74, 6) is -0.219. The number of carboxylic acid groups (broad SMARTS) is 2. The molecule has 592 valence electrons. The SMILES string of the molecule is CC[C@H](C)[C@H](SSCCC(=O)O[C@@H]1CCN([C@@H]2CCCC[C@H]2OCCc2ccc(OC)c(C)c2)C1)C(=O)N[C@H]1CCC[C@H]2SC[C@@H](C(=O)O)N2C1=O.COc1cc(CCO[C@@H]2CCCC[C@H]2N2CC[C@@H](OC(=O)CCCCCC(=O)OCC(C)COc3ccc(-c4nc(C)c(C(=O)O)s4)cc3C#N)C2)ccc1C. The second-order valence-electron chi connectivity index (χ2n) is 29.5. The van der Waals surface area contributed by atoms with Crippen molar-refractivity contribution < 1.29 is 81.7 Å². The van der Waals surface area contributed by atoms with Crippen molar-refractivity contribution in [3.63, 3.8) is 0 Å². The zero-order valence-electron chi connectivity index (χ0n) is 64.1. The van der Waals surface area contributed by atoms with Gasteiger partial charge in [-0.2, -0.15) is 5.26 Å². The zero-order valence-corrected chi connectivity index (χ0v) is 67.4. The standard InChI is InChI=1S/C43H55N3O9S.C38H57N3O8S3/c1-28(26-53-36-17-16-32(23-33(36)24-44)42-45-30(3)41(56-42)43(49)50)27-54-39(47)12-6-5-7-13-40(48)55-34-18-20-46(25-34)35-10-8-9-11-37(35)52-21-19-31-15-14-29(2)38(22-31)51-4;1-5-24(2)35(36(43)39-28-9-8-12-33-41(37(28)44)30(23-50-33)38(45)46)52-51-20-17-34(42)49-27-15-18-40(22-27)29-10-6-7-11-32(29)48-19-16-26-13-14-31(47-4)25(3)21-26/h14-17,22-23,28,34-35,37H,5-13,18-21,25-27H2,1-4H3,(H,49,50);13-14,21,24,27-30,32-33,35H,5-12,15-20,22-23H2,1-4H3,(H,39,43)(H,45,46)/t28?,34-,35-,37-;24-,27+,28-,29+,30-,32+,33+,35-/m10/s1. The minimum Gasteiger partial charge on any atom is -0.496 e. The summed E-state index contributed by atoms with van der Waals surface area (Å²) in [6.07, 6.45) is 18.2. The number of thiazole rings is 1. The smallest absolute Gasteiger partial charge is 0.347 e. The number of esters is 3. The number of thioether (sulfide) groups is 1. The highest BCUT2D eigenvalue weighted by molar-refractivity contribution is 8.77. The second-order valence-corrected chi connectivity index (χ2v) is 34.3. The van der Waals surface area contributed by atoms with E-state index in [-0.39, 0.29) is 102 Å². The molecule has 4 saturated heterocycles. The van der Waals surface area contributed by atoms with Gasteiger partial charge in [-0.05, 0) is 163 Å². The van der Waals surface area contributed by atoms with Crippen molar-refractivity contribution in [3.05, 3.63) is 93.0 Å². The Morgan fingerprint density at radius 2 is 1.32 bits per heavy atom. The molecule has 1 unspecified atom stereocenters. The minimum atomic E-state index is -1.03. The number of carbonyl (C=O) groups is 7. The van der Waals surface area contributed by atoms with E-state index >= 15 is 0 Å². The molecular weight excluding hydrogens is 1460 g/mol. The van der Waals surface area contributed by atoms with E-state index in [1.807, 2.05) is 33.8 Å². The fourth-order valence-electron chi connectivity index (χ4n) is 15.2. The molecule has 2 saturated carbocycles. The van der Waals surface area contributed by atoms with Gasteiger partial charge in [0.15, 0.2) is 0 Å². The number of amides is 2.